The summed E-state index contributed by atoms with van der Waals surface area (Å²) in [7, 11) is 0. The fourth-order valence-corrected chi connectivity index (χ4v) is 1.76. The quantitative estimate of drug-likeness (QED) is 0.702. The van der Waals surface area contributed by atoms with E-state index in [0.717, 1.165) is 21.5 Å². The fourth-order valence-electron chi connectivity index (χ4n) is 1.42. The van der Waals surface area contributed by atoms with Gasteiger partial charge in [0, 0.05) is 15.8 Å². The third kappa shape index (κ3) is 1.66. The molecule has 0 aromatic heterocycles. The van der Waals surface area contributed by atoms with Crippen molar-refractivity contribution < 1.29 is 4.74 Å². The highest BCUT2D eigenvalue weighted by atomic mass is 35.5. The number of halogens is 2. The number of fused-ring (bicyclic) bond motifs is 1. The Morgan fingerprint density at radius 3 is 2.43 bits per heavy atom. The molecule has 0 heterocycles. The van der Waals surface area contributed by atoms with Crippen molar-refractivity contribution in [1.29, 1.82) is 0 Å². The van der Waals surface area contributed by atoms with E-state index in [0.29, 0.717) is 0 Å². The lowest BCUT2D eigenvalue weighted by molar-refractivity contribution is 0.393. The number of alkyl halides is 1. The predicted molar refractivity (Wildman–Crippen MR) is 60.3 cm³/mol. The van der Waals surface area contributed by atoms with Gasteiger partial charge in [-0.3, -0.25) is 0 Å². The Labute approximate surface area is 92.2 Å². The van der Waals surface area contributed by atoms with Crippen molar-refractivity contribution in [2.75, 3.05) is 6.07 Å². The average molecular weight is 227 g/mol. The van der Waals surface area contributed by atoms with E-state index in [2.05, 4.69) is 0 Å². The maximum atomic E-state index is 6.04. The minimum Gasteiger partial charge on any atom is -0.477 e. The zero-order valence-electron chi connectivity index (χ0n) is 7.34. The van der Waals surface area contributed by atoms with Gasteiger partial charge in [0.15, 0.2) is 6.07 Å². The Hall–Kier alpha value is -0.920. The monoisotopic (exact) mass is 226 g/mol. The number of ether oxygens (including phenoxy) is 1. The number of hydrogen-bond donors (Lipinski definition) is 0. The minimum absolute atomic E-state index is 0.144. The van der Waals surface area contributed by atoms with Crippen molar-refractivity contribution in [1.82, 2.24) is 0 Å². The van der Waals surface area contributed by atoms with Crippen LogP contribution in [0.5, 0.6) is 5.75 Å². The van der Waals surface area contributed by atoms with Gasteiger partial charge in [0.2, 0.25) is 0 Å². The summed E-state index contributed by atoms with van der Waals surface area (Å²) in [6.45, 7) is 0. The first-order valence-corrected chi connectivity index (χ1v) is 5.10. The summed E-state index contributed by atoms with van der Waals surface area (Å²) in [5.74, 6) is 0.764. The Morgan fingerprint density at radius 2 is 1.71 bits per heavy atom. The topological polar surface area (TPSA) is 9.23 Å². The van der Waals surface area contributed by atoms with Crippen molar-refractivity contribution >= 4 is 34.0 Å². The molecule has 0 saturated carbocycles. The second-order valence-corrected chi connectivity index (χ2v) is 3.47. The maximum absolute atomic E-state index is 6.04. The molecule has 0 amide bonds. The summed E-state index contributed by atoms with van der Waals surface area (Å²) < 4.78 is 5.28. The van der Waals surface area contributed by atoms with Gasteiger partial charge in [0.05, 0.1) is 0 Å². The highest BCUT2D eigenvalue weighted by Gasteiger charge is 2.03. The molecule has 0 aliphatic rings. The predicted octanol–water partition coefficient (Wildman–Crippen LogP) is 4.07. The highest BCUT2D eigenvalue weighted by molar-refractivity contribution is 6.35. The molecule has 0 radical (unpaired) electrons. The van der Waals surface area contributed by atoms with Gasteiger partial charge in [-0.1, -0.05) is 47.5 Å². The standard InChI is InChI=1S/C11H8Cl2O/c12-7-14-11-6-5-10(13)8-3-1-2-4-9(8)11/h1-6H,7H2. The third-order valence-corrected chi connectivity index (χ3v) is 2.48. The van der Waals surface area contributed by atoms with Gasteiger partial charge in [-0.2, -0.15) is 0 Å². The van der Waals surface area contributed by atoms with Crippen molar-refractivity contribution in [3.8, 4) is 5.75 Å². The zero-order valence-corrected chi connectivity index (χ0v) is 8.85. The lowest BCUT2D eigenvalue weighted by Gasteiger charge is -2.07. The van der Waals surface area contributed by atoms with E-state index in [-0.39, 0.29) is 6.07 Å². The highest BCUT2D eigenvalue weighted by Crippen LogP contribution is 2.31. The Morgan fingerprint density at radius 1 is 1.00 bits per heavy atom. The van der Waals surface area contributed by atoms with Crippen molar-refractivity contribution in [3.05, 3.63) is 41.4 Å². The first-order valence-electron chi connectivity index (χ1n) is 4.19. The summed E-state index contributed by atoms with van der Waals surface area (Å²) in [5.41, 5.74) is 0. The number of rotatable bonds is 2. The molecule has 72 valence electrons. The summed E-state index contributed by atoms with van der Waals surface area (Å²) >= 11 is 11.6. The van der Waals surface area contributed by atoms with Crippen molar-refractivity contribution in [2.24, 2.45) is 0 Å². The molecule has 2 rings (SSSR count). The SMILES string of the molecule is ClCOc1ccc(Cl)c2ccccc12. The number of hydrogen-bond acceptors (Lipinski definition) is 1. The lowest BCUT2D eigenvalue weighted by atomic mass is 10.1. The minimum atomic E-state index is 0.144. The van der Waals surface area contributed by atoms with Gasteiger partial charge >= 0.3 is 0 Å². The Balaban J connectivity index is 2.68. The van der Waals surface area contributed by atoms with Crippen LogP contribution in [0, 0.1) is 0 Å². The molecule has 0 saturated heterocycles. The molecular formula is C11H8Cl2O. The summed E-state index contributed by atoms with van der Waals surface area (Å²) in [5, 5.41) is 2.69. The fraction of sp³-hybridized carbons (Fsp3) is 0.0909. The van der Waals surface area contributed by atoms with Crippen LogP contribution in [0.2, 0.25) is 5.02 Å². The van der Waals surface area contributed by atoms with E-state index in [1.54, 1.807) is 0 Å². The molecule has 0 unspecified atom stereocenters. The van der Waals surface area contributed by atoms with Crippen LogP contribution in [0.1, 0.15) is 0 Å². The van der Waals surface area contributed by atoms with E-state index in [1.807, 2.05) is 36.4 Å². The summed E-state index contributed by atoms with van der Waals surface area (Å²) in [6, 6.07) is 11.6. The van der Waals surface area contributed by atoms with E-state index in [4.69, 9.17) is 27.9 Å². The average Bonchev–Trinajstić information content (AvgIpc) is 2.23. The van der Waals surface area contributed by atoms with Crippen LogP contribution < -0.4 is 4.74 Å². The Kier molecular flexibility index (Phi) is 2.80. The molecule has 0 aliphatic carbocycles. The van der Waals surface area contributed by atoms with Gasteiger partial charge in [-0.15, -0.1) is 0 Å². The van der Waals surface area contributed by atoms with Crippen LogP contribution in [0.3, 0.4) is 0 Å². The van der Waals surface area contributed by atoms with Crippen LogP contribution in [-0.4, -0.2) is 6.07 Å². The molecule has 0 spiro atoms. The normalized spacial score (nSPS) is 10.4. The molecule has 2 aromatic carbocycles. The molecular weight excluding hydrogens is 219 g/mol. The molecule has 1 nitrogen and oxygen atoms in total. The lowest BCUT2D eigenvalue weighted by Crippen LogP contribution is -1.90. The second kappa shape index (κ2) is 4.07. The van der Waals surface area contributed by atoms with Crippen LogP contribution >= 0.6 is 23.2 Å². The van der Waals surface area contributed by atoms with Crippen LogP contribution in [0.25, 0.3) is 10.8 Å². The zero-order chi connectivity index (χ0) is 9.97. The second-order valence-electron chi connectivity index (χ2n) is 2.84. The maximum Gasteiger partial charge on any atom is 0.162 e. The van der Waals surface area contributed by atoms with Crippen LogP contribution in [0.15, 0.2) is 36.4 Å². The molecule has 0 bridgehead atoms. The molecule has 0 fully saturated rings. The summed E-state index contributed by atoms with van der Waals surface area (Å²) in [6.07, 6.45) is 0. The molecule has 2 aromatic rings. The van der Waals surface area contributed by atoms with Gasteiger partial charge < -0.3 is 4.74 Å². The Bertz CT molecular complexity index is 454. The molecule has 0 atom stereocenters. The van der Waals surface area contributed by atoms with Crippen LogP contribution in [0.4, 0.5) is 0 Å². The molecule has 14 heavy (non-hydrogen) atoms. The van der Waals surface area contributed by atoms with Crippen molar-refractivity contribution in [2.45, 2.75) is 0 Å². The molecule has 3 heteroatoms. The van der Waals surface area contributed by atoms with E-state index in [9.17, 15) is 0 Å². The van der Waals surface area contributed by atoms with E-state index in [1.165, 1.54) is 0 Å². The van der Waals surface area contributed by atoms with Gasteiger partial charge in [-0.05, 0) is 12.1 Å². The third-order valence-electron chi connectivity index (χ3n) is 2.04. The molecule has 0 N–H and O–H groups in total. The van der Waals surface area contributed by atoms with E-state index >= 15 is 0 Å². The first-order chi connectivity index (χ1) is 6.83. The van der Waals surface area contributed by atoms with E-state index < -0.39 is 0 Å². The van der Waals surface area contributed by atoms with Gasteiger partial charge in [0.1, 0.15) is 5.75 Å². The van der Waals surface area contributed by atoms with Gasteiger partial charge in [-0.25, -0.2) is 0 Å². The van der Waals surface area contributed by atoms with Gasteiger partial charge in [0.25, 0.3) is 0 Å². The van der Waals surface area contributed by atoms with Crippen LogP contribution in [-0.2, 0) is 0 Å². The number of benzene rings is 2. The smallest absolute Gasteiger partial charge is 0.162 e. The summed E-state index contributed by atoms with van der Waals surface area (Å²) in [4.78, 5) is 0. The van der Waals surface area contributed by atoms with Crippen molar-refractivity contribution in [3.63, 3.8) is 0 Å². The first kappa shape index (κ1) is 9.63. The largest absolute Gasteiger partial charge is 0.477 e. The molecule has 0 aliphatic heterocycles.